The maximum absolute atomic E-state index is 9.70. The molecule has 14 heavy (non-hydrogen) atoms. The zero-order valence-corrected chi connectivity index (χ0v) is 7.58. The Balaban J connectivity index is 2.74. The average Bonchev–Trinajstić information content (AvgIpc) is 2.43. The van der Waals surface area contributed by atoms with Crippen molar-refractivity contribution in [1.29, 1.82) is 0 Å². The normalized spacial score (nSPS) is 46.4. The van der Waals surface area contributed by atoms with Gasteiger partial charge < -0.3 is 30.3 Å². The van der Waals surface area contributed by atoms with Crippen molar-refractivity contribution in [2.45, 2.75) is 43.5 Å². The molecule has 1 aliphatic rings. The molecule has 1 unspecified atom stereocenters. The van der Waals surface area contributed by atoms with Gasteiger partial charge in [-0.05, 0) is 0 Å². The molecule has 0 aliphatic carbocycles. The maximum Gasteiger partial charge on any atom is 0.194 e. The molecule has 0 saturated carbocycles. The topological polar surface area (TPSA) is 110 Å². The molecule has 0 aromatic rings. The predicted octanol–water partition coefficient (Wildman–Crippen LogP) is -2.44. The van der Waals surface area contributed by atoms with Crippen LogP contribution < -0.4 is 0 Å². The lowest BCUT2D eigenvalue weighted by molar-refractivity contribution is -0.239. The highest BCUT2D eigenvalue weighted by atomic mass is 16.7. The van der Waals surface area contributed by atoms with Gasteiger partial charge in [-0.15, -0.1) is 0 Å². The Morgan fingerprint density at radius 1 is 1.57 bits per heavy atom. The maximum atomic E-state index is 9.70. The van der Waals surface area contributed by atoms with Crippen molar-refractivity contribution < 1.29 is 31.6 Å². The van der Waals surface area contributed by atoms with Crippen molar-refractivity contribution in [3.63, 3.8) is 0 Å². The van der Waals surface area contributed by atoms with E-state index in [4.69, 9.17) is 11.2 Å². The minimum absolute atomic E-state index is 0.181. The lowest BCUT2D eigenvalue weighted by Gasteiger charge is -2.24. The average molecular weight is 209 g/mol. The highest BCUT2D eigenvalue weighted by molar-refractivity contribution is 4.97. The molecule has 6 nitrogen and oxygen atoms in total. The van der Waals surface area contributed by atoms with Crippen molar-refractivity contribution in [2.24, 2.45) is 0 Å². The summed E-state index contributed by atoms with van der Waals surface area (Å²) in [7, 11) is 0. The Labute approximate surface area is 82.8 Å². The van der Waals surface area contributed by atoms with E-state index >= 15 is 0 Å². The Morgan fingerprint density at radius 3 is 2.71 bits per heavy atom. The molecule has 5 atom stereocenters. The standard InChI is InChI=1S/C8H16O6/c1-2-8(13)7(12)5(11)6(14-8)4(10)3-9/h4-7,9-13H,2-3H2,1H3/t4-,5+,6-,7-,8?/m1/s1/i1D. The summed E-state index contributed by atoms with van der Waals surface area (Å²) < 4.78 is 11.8. The molecule has 1 heterocycles. The van der Waals surface area contributed by atoms with Gasteiger partial charge in [0.15, 0.2) is 5.79 Å². The molecule has 6 heteroatoms. The van der Waals surface area contributed by atoms with E-state index in [-0.39, 0.29) is 13.3 Å². The molecule has 84 valence electrons. The van der Waals surface area contributed by atoms with Crippen LogP contribution in [0.25, 0.3) is 0 Å². The van der Waals surface area contributed by atoms with Gasteiger partial charge in [0, 0.05) is 7.79 Å². The lowest BCUT2D eigenvalue weighted by atomic mass is 10.0. The molecule has 1 rings (SSSR count). The summed E-state index contributed by atoms with van der Waals surface area (Å²) in [4.78, 5) is 0. The van der Waals surface area contributed by atoms with Gasteiger partial charge in [-0.2, -0.15) is 0 Å². The molecular formula is C8H16O6. The van der Waals surface area contributed by atoms with Crippen LogP contribution in [0.15, 0.2) is 0 Å². The van der Waals surface area contributed by atoms with Crippen molar-refractivity contribution >= 4 is 0 Å². The fraction of sp³-hybridized carbons (Fsp3) is 1.00. The fourth-order valence-electron chi connectivity index (χ4n) is 1.44. The first-order chi connectivity index (χ1) is 6.96. The largest absolute Gasteiger partial charge is 0.394 e. The van der Waals surface area contributed by atoms with E-state index in [2.05, 4.69) is 0 Å². The van der Waals surface area contributed by atoms with Gasteiger partial charge in [-0.3, -0.25) is 0 Å². The Morgan fingerprint density at radius 2 is 2.21 bits per heavy atom. The van der Waals surface area contributed by atoms with Gasteiger partial charge in [0.05, 0.1) is 6.61 Å². The van der Waals surface area contributed by atoms with E-state index in [1.807, 2.05) is 0 Å². The predicted molar refractivity (Wildman–Crippen MR) is 45.2 cm³/mol. The molecule has 0 bridgehead atoms. The number of aliphatic hydroxyl groups is 5. The van der Waals surface area contributed by atoms with Gasteiger partial charge in [-0.25, -0.2) is 0 Å². The first kappa shape index (κ1) is 10.3. The van der Waals surface area contributed by atoms with E-state index in [9.17, 15) is 20.4 Å². The van der Waals surface area contributed by atoms with Crippen molar-refractivity contribution in [2.75, 3.05) is 6.61 Å². The van der Waals surface area contributed by atoms with E-state index in [0.29, 0.717) is 0 Å². The molecule has 1 fully saturated rings. The van der Waals surface area contributed by atoms with E-state index in [1.54, 1.807) is 0 Å². The highest BCUT2D eigenvalue weighted by Crippen LogP contribution is 2.32. The Kier molecular flexibility index (Phi) is 3.01. The van der Waals surface area contributed by atoms with Crippen LogP contribution in [-0.4, -0.2) is 62.3 Å². The van der Waals surface area contributed by atoms with Gasteiger partial charge in [0.2, 0.25) is 0 Å². The van der Waals surface area contributed by atoms with Crippen molar-refractivity contribution in [1.82, 2.24) is 0 Å². The number of ether oxygens (including phenoxy) is 1. The molecule has 0 aromatic heterocycles. The van der Waals surface area contributed by atoms with Crippen LogP contribution in [0.3, 0.4) is 0 Å². The summed E-state index contributed by atoms with van der Waals surface area (Å²) in [5.74, 6) is -2.03. The summed E-state index contributed by atoms with van der Waals surface area (Å²) >= 11 is 0. The van der Waals surface area contributed by atoms with E-state index in [0.717, 1.165) is 0 Å². The smallest absolute Gasteiger partial charge is 0.194 e. The summed E-state index contributed by atoms with van der Waals surface area (Å²) in [5, 5.41) is 46.5. The van der Waals surface area contributed by atoms with Gasteiger partial charge in [0.1, 0.15) is 24.4 Å². The van der Waals surface area contributed by atoms with Crippen LogP contribution in [-0.2, 0) is 4.74 Å². The minimum Gasteiger partial charge on any atom is -0.394 e. The van der Waals surface area contributed by atoms with Crippen LogP contribution in [0.5, 0.6) is 0 Å². The van der Waals surface area contributed by atoms with Gasteiger partial charge in [-0.1, -0.05) is 6.90 Å². The van der Waals surface area contributed by atoms with Crippen LogP contribution >= 0.6 is 0 Å². The van der Waals surface area contributed by atoms with E-state index in [1.165, 1.54) is 0 Å². The molecule has 1 saturated heterocycles. The number of rotatable bonds is 3. The first-order valence-corrected chi connectivity index (χ1v) is 4.30. The van der Waals surface area contributed by atoms with Crippen molar-refractivity contribution in [3.05, 3.63) is 0 Å². The molecule has 5 N–H and O–H groups in total. The van der Waals surface area contributed by atoms with Crippen LogP contribution in [0.4, 0.5) is 0 Å². The zero-order valence-electron chi connectivity index (χ0n) is 8.58. The molecular weight excluding hydrogens is 192 g/mol. The summed E-state index contributed by atoms with van der Waals surface area (Å²) in [6.07, 6.45) is -5.88. The lowest BCUT2D eigenvalue weighted by Crippen LogP contribution is -2.43. The third kappa shape index (κ3) is 1.77. The highest BCUT2D eigenvalue weighted by Gasteiger charge is 2.54. The third-order valence-corrected chi connectivity index (χ3v) is 2.39. The van der Waals surface area contributed by atoms with Crippen LogP contribution in [0.2, 0.25) is 0 Å². The van der Waals surface area contributed by atoms with Crippen LogP contribution in [0.1, 0.15) is 14.7 Å². The first-order valence-electron chi connectivity index (χ1n) is 5.01. The summed E-state index contributed by atoms with van der Waals surface area (Å²) in [5.41, 5.74) is 0. The molecule has 0 amide bonds. The van der Waals surface area contributed by atoms with Crippen LogP contribution in [0, 0.1) is 0 Å². The number of hydrogen-bond donors (Lipinski definition) is 5. The van der Waals surface area contributed by atoms with Gasteiger partial charge in [0.25, 0.3) is 0 Å². The summed E-state index contributed by atoms with van der Waals surface area (Å²) in [6, 6.07) is 0. The van der Waals surface area contributed by atoms with Crippen molar-refractivity contribution in [3.8, 4) is 0 Å². The quantitative estimate of drug-likeness (QED) is 0.353. The van der Waals surface area contributed by atoms with Gasteiger partial charge >= 0.3 is 0 Å². The zero-order chi connectivity index (χ0) is 11.6. The second-order valence-corrected chi connectivity index (χ2v) is 3.36. The van der Waals surface area contributed by atoms with E-state index < -0.39 is 36.8 Å². The monoisotopic (exact) mass is 209 g/mol. The Bertz CT molecular complexity index is 215. The molecule has 0 aromatic carbocycles. The second kappa shape index (κ2) is 4.09. The fourth-order valence-corrected chi connectivity index (χ4v) is 1.44. The summed E-state index contributed by atoms with van der Waals surface area (Å²) in [6.45, 7) is -0.840. The number of hydrogen-bond acceptors (Lipinski definition) is 6. The molecule has 1 aliphatic heterocycles. The third-order valence-electron chi connectivity index (χ3n) is 2.39. The second-order valence-electron chi connectivity index (χ2n) is 3.36. The molecule has 0 spiro atoms. The Hall–Kier alpha value is -0.240. The number of aliphatic hydroxyl groups excluding tert-OH is 4. The SMILES string of the molecule is [2H]CCC1(O)O[C@H]([C@H](O)CO)[C@H](O)[C@H]1O. The minimum atomic E-state index is -2.03. The molecule has 0 radical (unpaired) electrons.